The molecule has 1 saturated heterocycles. The van der Waals surface area contributed by atoms with E-state index in [9.17, 15) is 9.59 Å². The van der Waals surface area contributed by atoms with Crippen LogP contribution in [-0.2, 0) is 16.1 Å². The SMILES string of the molecule is CC.CC(C)C.CC/C=C\SC(=C(C)C)c1ccc(CNC=C2CC2)c(NC)c1.CCC(=O)N1CCC(O)C1.CCCC(C)=O. The van der Waals surface area contributed by atoms with Gasteiger partial charge in [-0.3, -0.25) is 4.79 Å². The number of amides is 1. The van der Waals surface area contributed by atoms with Crippen LogP contribution in [-0.4, -0.2) is 47.9 Å². The Morgan fingerprint density at radius 3 is 2.11 bits per heavy atom. The van der Waals surface area contributed by atoms with Crippen molar-refractivity contribution >= 4 is 34.0 Å². The molecule has 2 fully saturated rings. The maximum absolute atomic E-state index is 11.0. The predicted molar refractivity (Wildman–Crippen MR) is 200 cm³/mol. The standard InChI is InChI=1S/C20H28N2S.C7H13NO2.C5H10O.C4H10.C2H6/c1-5-6-11-23-20(15(2)3)17-9-10-18(19(12-17)21-4)14-22-13-16-7-8-16;1-2-7(10)8-4-3-6(9)5-8;1-3-4-5(2)6;1-4(2)3;1-2/h6,9-13,21-22H,5,7-8,14H2,1-4H3;6,9H,2-5H2,1H3;3-4H2,1-2H3;4H,1-3H3;1-2H3/b11-6-;;;;. The van der Waals surface area contributed by atoms with Crippen molar-refractivity contribution in [3.8, 4) is 0 Å². The van der Waals surface area contributed by atoms with Crippen LogP contribution in [0.3, 0.4) is 0 Å². The maximum atomic E-state index is 11.0. The fraction of sp³-hybridized carbons (Fsp3) is 0.632. The quantitative estimate of drug-likeness (QED) is 0.222. The lowest BCUT2D eigenvalue weighted by molar-refractivity contribution is -0.130. The summed E-state index contributed by atoms with van der Waals surface area (Å²) >= 11 is 1.81. The van der Waals surface area contributed by atoms with Gasteiger partial charge < -0.3 is 25.4 Å². The first-order chi connectivity index (χ1) is 21.4. The highest BCUT2D eigenvalue weighted by Crippen LogP contribution is 2.34. The van der Waals surface area contributed by atoms with Crippen LogP contribution in [0.2, 0.25) is 0 Å². The molecule has 1 atom stereocenters. The number of nitrogens with zero attached hydrogens (tertiary/aromatic N) is 1. The highest BCUT2D eigenvalue weighted by molar-refractivity contribution is 8.10. The van der Waals surface area contributed by atoms with Crippen LogP contribution in [0.5, 0.6) is 0 Å². The second kappa shape index (κ2) is 27.8. The molecule has 7 heteroatoms. The van der Waals surface area contributed by atoms with Crippen molar-refractivity contribution in [2.75, 3.05) is 25.5 Å². The lowest BCUT2D eigenvalue weighted by Crippen LogP contribution is -2.28. The number of hydrogen-bond donors (Lipinski definition) is 3. The third-order valence-corrected chi connectivity index (χ3v) is 7.38. The minimum absolute atomic E-state index is 0.150. The Balaban J connectivity index is 0. The Labute approximate surface area is 281 Å². The molecule has 2 aliphatic rings. The van der Waals surface area contributed by atoms with Gasteiger partial charge in [-0.1, -0.05) is 96.5 Å². The van der Waals surface area contributed by atoms with E-state index in [4.69, 9.17) is 5.11 Å². The van der Waals surface area contributed by atoms with Crippen molar-refractivity contribution in [1.82, 2.24) is 10.2 Å². The van der Waals surface area contributed by atoms with Crippen molar-refractivity contribution in [2.45, 2.75) is 134 Å². The van der Waals surface area contributed by atoms with Gasteiger partial charge in [0.1, 0.15) is 5.78 Å². The van der Waals surface area contributed by atoms with E-state index < -0.39 is 0 Å². The summed E-state index contributed by atoms with van der Waals surface area (Å²) in [6, 6.07) is 6.72. The molecular formula is C38H67N3O3S. The lowest BCUT2D eigenvalue weighted by Gasteiger charge is -2.14. The molecule has 3 N–H and O–H groups in total. The third-order valence-electron chi connectivity index (χ3n) is 6.17. The summed E-state index contributed by atoms with van der Waals surface area (Å²) in [5, 5.41) is 18.0. The summed E-state index contributed by atoms with van der Waals surface area (Å²) in [6.07, 6.45) is 10.7. The van der Waals surface area contributed by atoms with Crippen LogP contribution < -0.4 is 10.6 Å². The first kappa shape index (κ1) is 44.6. The van der Waals surface area contributed by atoms with Crippen molar-refractivity contribution in [3.63, 3.8) is 0 Å². The van der Waals surface area contributed by atoms with E-state index in [-0.39, 0.29) is 17.8 Å². The molecule has 0 bridgehead atoms. The summed E-state index contributed by atoms with van der Waals surface area (Å²) in [7, 11) is 1.99. The zero-order valence-electron chi connectivity index (χ0n) is 30.8. The number of rotatable bonds is 11. The van der Waals surface area contributed by atoms with E-state index in [1.165, 1.54) is 45.7 Å². The number of allylic oxidation sites excluding steroid dienone is 3. The molecule has 3 rings (SSSR count). The van der Waals surface area contributed by atoms with Crippen molar-refractivity contribution in [3.05, 3.63) is 58.2 Å². The lowest BCUT2D eigenvalue weighted by atomic mass is 10.1. The van der Waals surface area contributed by atoms with Gasteiger partial charge in [-0.05, 0) is 87.6 Å². The molecule has 1 unspecified atom stereocenters. The number of hydrogen-bond acceptors (Lipinski definition) is 6. The van der Waals surface area contributed by atoms with E-state index in [0.29, 0.717) is 13.0 Å². The second-order valence-electron chi connectivity index (χ2n) is 11.9. The van der Waals surface area contributed by atoms with E-state index in [2.05, 4.69) is 88.1 Å². The molecule has 0 spiro atoms. The van der Waals surface area contributed by atoms with Gasteiger partial charge in [0.2, 0.25) is 5.91 Å². The molecule has 1 amide bonds. The van der Waals surface area contributed by atoms with Gasteiger partial charge in [0, 0.05) is 50.1 Å². The number of benzene rings is 1. The Morgan fingerprint density at radius 1 is 1.09 bits per heavy atom. The van der Waals surface area contributed by atoms with Gasteiger partial charge in [-0.15, -0.1) is 0 Å². The molecular weight excluding hydrogens is 579 g/mol. The summed E-state index contributed by atoms with van der Waals surface area (Å²) in [4.78, 5) is 24.1. The number of carbonyl (C=O) groups excluding carboxylic acids is 2. The van der Waals surface area contributed by atoms with E-state index in [0.717, 1.165) is 44.7 Å². The Morgan fingerprint density at radius 2 is 1.71 bits per heavy atom. The number of thioether (sulfide) groups is 1. The van der Waals surface area contributed by atoms with Crippen LogP contribution in [0.4, 0.5) is 5.69 Å². The highest BCUT2D eigenvalue weighted by Gasteiger charge is 2.22. The number of β-amino-alcohol motifs (C(OH)–C–C–N with tert-alkyl or cyclic N) is 1. The molecule has 1 heterocycles. The third kappa shape index (κ3) is 23.5. The van der Waals surface area contributed by atoms with Gasteiger partial charge in [0.05, 0.1) is 6.10 Å². The number of aliphatic hydroxyl groups is 1. The molecule has 0 radical (unpaired) electrons. The molecule has 1 aliphatic heterocycles. The topological polar surface area (TPSA) is 81.7 Å². The zero-order valence-corrected chi connectivity index (χ0v) is 31.6. The summed E-state index contributed by atoms with van der Waals surface area (Å²) in [5.74, 6) is 1.27. The van der Waals surface area contributed by atoms with Gasteiger partial charge in [0.15, 0.2) is 0 Å². The number of anilines is 1. The number of Topliss-reactive ketones (excluding diaryl/α,β-unsaturated/α-hetero) is 1. The van der Waals surface area contributed by atoms with E-state index in [1.54, 1.807) is 11.8 Å². The fourth-order valence-corrected chi connectivity index (χ4v) is 4.78. The number of ketones is 1. The van der Waals surface area contributed by atoms with Crippen molar-refractivity contribution < 1.29 is 14.7 Å². The monoisotopic (exact) mass is 645 g/mol. The average molecular weight is 646 g/mol. The zero-order chi connectivity index (χ0) is 34.8. The summed E-state index contributed by atoms with van der Waals surface area (Å²) in [5.41, 5.74) is 6.66. The minimum Gasteiger partial charge on any atom is -0.391 e. The molecule has 1 aromatic rings. The van der Waals surface area contributed by atoms with E-state index >= 15 is 0 Å². The molecule has 45 heavy (non-hydrogen) atoms. The normalized spacial score (nSPS) is 14.4. The van der Waals surface area contributed by atoms with Crippen molar-refractivity contribution in [1.29, 1.82) is 0 Å². The van der Waals surface area contributed by atoms with Crippen molar-refractivity contribution in [2.24, 2.45) is 5.92 Å². The van der Waals surface area contributed by atoms with Gasteiger partial charge >= 0.3 is 0 Å². The number of likely N-dealkylation sites (tertiary alicyclic amines) is 1. The Bertz CT molecular complexity index is 1030. The highest BCUT2D eigenvalue weighted by atomic mass is 32.2. The van der Waals surface area contributed by atoms with Gasteiger partial charge in [-0.2, -0.15) is 0 Å². The molecule has 0 aromatic heterocycles. The second-order valence-corrected chi connectivity index (χ2v) is 12.8. The number of carbonyl (C=O) groups is 2. The van der Waals surface area contributed by atoms with Crippen LogP contribution >= 0.6 is 11.8 Å². The smallest absolute Gasteiger partial charge is 0.222 e. The van der Waals surface area contributed by atoms with Crippen LogP contribution in [0.15, 0.2) is 47.0 Å². The van der Waals surface area contributed by atoms with Crippen LogP contribution in [0, 0.1) is 5.92 Å². The summed E-state index contributed by atoms with van der Waals surface area (Å²) in [6.45, 7) is 24.6. The number of aliphatic hydroxyl groups excluding tert-OH is 1. The largest absolute Gasteiger partial charge is 0.391 e. The van der Waals surface area contributed by atoms with E-state index in [1.807, 2.05) is 46.5 Å². The number of nitrogens with one attached hydrogen (secondary N) is 2. The molecule has 258 valence electrons. The first-order valence-corrected chi connectivity index (χ1v) is 17.9. The molecule has 6 nitrogen and oxygen atoms in total. The molecule has 1 aliphatic carbocycles. The predicted octanol–water partition coefficient (Wildman–Crippen LogP) is 9.96. The Hall–Kier alpha value is -2.51. The Kier molecular flexibility index (Phi) is 27.5. The minimum atomic E-state index is -0.282. The molecule has 1 saturated carbocycles. The molecule has 1 aromatic carbocycles. The van der Waals surface area contributed by atoms with Gasteiger partial charge in [0.25, 0.3) is 0 Å². The van der Waals surface area contributed by atoms with Crippen LogP contribution in [0.1, 0.15) is 132 Å². The van der Waals surface area contributed by atoms with Gasteiger partial charge in [-0.25, -0.2) is 0 Å². The van der Waals surface area contributed by atoms with Crippen LogP contribution in [0.25, 0.3) is 4.91 Å². The first-order valence-electron chi connectivity index (χ1n) is 17.1. The summed E-state index contributed by atoms with van der Waals surface area (Å²) < 4.78 is 0. The average Bonchev–Trinajstić information content (AvgIpc) is 3.73. The fourth-order valence-electron chi connectivity index (χ4n) is 3.86. The maximum Gasteiger partial charge on any atom is 0.222 e.